The van der Waals surface area contributed by atoms with Crippen LogP contribution in [0.1, 0.15) is 76.9 Å². The largest absolute Gasteiger partial charge is 0.393 e. The van der Waals surface area contributed by atoms with Gasteiger partial charge in [-0.15, -0.1) is 0 Å². The molecule has 0 aromatic heterocycles. The maximum absolute atomic E-state index is 13.6. The van der Waals surface area contributed by atoms with E-state index in [-0.39, 0.29) is 24.8 Å². The zero-order chi connectivity index (χ0) is 33.6. The van der Waals surface area contributed by atoms with E-state index in [1.807, 2.05) is 0 Å². The first-order valence-electron chi connectivity index (χ1n) is 16.9. The van der Waals surface area contributed by atoms with Crippen LogP contribution in [0.25, 0.3) is 0 Å². The van der Waals surface area contributed by atoms with Crippen molar-refractivity contribution in [3.63, 3.8) is 0 Å². The molecule has 4 aliphatic carbocycles. The molecule has 170 valence electrons. The van der Waals surface area contributed by atoms with Crippen molar-refractivity contribution in [1.82, 2.24) is 0 Å². The fraction of sp³-hybridized carbons (Fsp3) is 0.760. The molecule has 1 saturated heterocycles. The van der Waals surface area contributed by atoms with Crippen LogP contribution >= 0.6 is 0 Å². The highest BCUT2D eigenvalue weighted by Gasteiger charge is 2.75. The minimum absolute atomic E-state index is 0.244. The van der Waals surface area contributed by atoms with E-state index in [9.17, 15) is 19.8 Å². The number of ether oxygens (including phenoxy) is 2. The molecule has 5 aliphatic rings. The summed E-state index contributed by atoms with van der Waals surface area (Å²) >= 11 is 0. The highest BCUT2D eigenvalue weighted by atomic mass is 16.7. The molecule has 0 aromatic rings. The molecule has 6 nitrogen and oxygen atoms in total. The monoisotopic (exact) mass is 443 g/mol. The number of ketones is 2. The van der Waals surface area contributed by atoms with Gasteiger partial charge in [-0.25, -0.2) is 0 Å². The molecule has 0 bridgehead atoms. The van der Waals surface area contributed by atoms with Gasteiger partial charge in [-0.05, 0) is 55.9 Å². The first-order valence-corrected chi connectivity index (χ1v) is 10.4. The molecule has 0 radical (unpaired) electrons. The Morgan fingerprint density at radius 1 is 1.52 bits per heavy atom. The zero-order valence-electron chi connectivity index (χ0n) is 30.2. The molecule has 6 heteroatoms. The molecule has 1 aliphatic heterocycles. The molecule has 1 unspecified atom stereocenters. The quantitative estimate of drug-likeness (QED) is 0.694. The van der Waals surface area contributed by atoms with Gasteiger partial charge in [0.05, 0.1) is 17.7 Å². The number of allylic oxidation sites excluding steroid dienone is 4. The summed E-state index contributed by atoms with van der Waals surface area (Å²) in [5.41, 5.74) is -6.11. The van der Waals surface area contributed by atoms with Gasteiger partial charge in [0.25, 0.3) is 0 Å². The molecular weight excluding hydrogens is 396 g/mol. The number of hydrogen-bond acceptors (Lipinski definition) is 6. The van der Waals surface area contributed by atoms with Gasteiger partial charge >= 0.3 is 0 Å². The average Bonchev–Trinajstić information content (AvgIpc) is 3.33. The van der Waals surface area contributed by atoms with Gasteiger partial charge < -0.3 is 19.7 Å². The minimum Gasteiger partial charge on any atom is -0.393 e. The van der Waals surface area contributed by atoms with Crippen molar-refractivity contribution in [3.05, 3.63) is 23.7 Å². The second-order valence-electron chi connectivity index (χ2n) is 9.45. The van der Waals surface area contributed by atoms with Crippen molar-refractivity contribution in [1.29, 1.82) is 0 Å². The van der Waals surface area contributed by atoms with Gasteiger partial charge in [-0.1, -0.05) is 38.7 Å². The average molecular weight is 444 g/mol. The normalized spacial score (nSPS) is 62.8. The van der Waals surface area contributed by atoms with Gasteiger partial charge in [-0.3, -0.25) is 9.59 Å². The van der Waals surface area contributed by atoms with E-state index < -0.39 is 115 Å². The van der Waals surface area contributed by atoms with Crippen LogP contribution in [0.2, 0.25) is 0 Å². The Morgan fingerprint density at radius 3 is 3.06 bits per heavy atom. The minimum atomic E-state index is -3.71. The van der Waals surface area contributed by atoms with E-state index >= 15 is 0 Å². The Hall–Kier alpha value is -1.34. The number of hydrogen-bond donors (Lipinski definition) is 2. The Labute approximate surface area is 201 Å². The fourth-order valence-corrected chi connectivity index (χ4v) is 7.04. The maximum atomic E-state index is 13.6. The Bertz CT molecular complexity index is 1390. The summed E-state index contributed by atoms with van der Waals surface area (Å²) in [4.78, 5) is 26.3. The smallest absolute Gasteiger partial charge is 0.193 e. The van der Waals surface area contributed by atoms with Crippen LogP contribution in [0.15, 0.2) is 23.7 Å². The molecule has 2 N–H and O–H groups in total. The van der Waals surface area contributed by atoms with E-state index in [4.69, 9.17) is 27.3 Å². The molecular formula is C25H34O6. The van der Waals surface area contributed by atoms with Gasteiger partial charge in [-0.2, -0.15) is 0 Å². The van der Waals surface area contributed by atoms with Crippen molar-refractivity contribution >= 4 is 11.6 Å². The standard InChI is InChI=1S/C25H34O6/c1-4-5-21-30-20-11-17-16-7-6-14-10-15(27)8-9-23(14,2)22(16)18(28)12-24(17,3)25(20,31-21)19(29)13-26/h8-10,16-18,20-22,26,28H,4-7,11-13H2,1-3H3/t16-,17-,18-,20+,21?,22+,23-,24-,25+/m0/s1/i1D3,4D2,5D2,6D2,8D,9D,10D,21D. The van der Waals surface area contributed by atoms with Crippen LogP contribution in [0, 0.1) is 28.6 Å². The summed E-state index contributed by atoms with van der Waals surface area (Å²) < 4.78 is 119. The van der Waals surface area contributed by atoms with E-state index in [2.05, 4.69) is 0 Å². The van der Waals surface area contributed by atoms with Crippen molar-refractivity contribution in [2.45, 2.75) is 83.2 Å². The van der Waals surface area contributed by atoms with Gasteiger partial charge in [0, 0.05) is 29.1 Å². The number of Topliss-reactive ketones (excluding diaryl/α,β-unsaturated/α-hetero) is 1. The molecule has 3 saturated carbocycles. The Morgan fingerprint density at radius 2 is 2.32 bits per heavy atom. The molecule has 31 heavy (non-hydrogen) atoms. The predicted molar refractivity (Wildman–Crippen MR) is 113 cm³/mol. The van der Waals surface area contributed by atoms with Crippen LogP contribution < -0.4 is 0 Å². The second-order valence-corrected chi connectivity index (χ2v) is 9.45. The van der Waals surface area contributed by atoms with Gasteiger partial charge in [0.1, 0.15) is 6.61 Å². The van der Waals surface area contributed by atoms with Crippen molar-refractivity contribution < 1.29 is 47.1 Å². The number of fused-ring (bicyclic) bond motifs is 7. The third-order valence-corrected chi connectivity index (χ3v) is 8.21. The lowest BCUT2D eigenvalue weighted by Gasteiger charge is -2.59. The van der Waals surface area contributed by atoms with E-state index in [0.29, 0.717) is 0 Å². The number of aliphatic hydroxyl groups excluding tert-OH is 2. The third-order valence-electron chi connectivity index (χ3n) is 8.21. The topological polar surface area (TPSA) is 93.1 Å². The fourth-order valence-electron chi connectivity index (χ4n) is 7.04. The lowest BCUT2D eigenvalue weighted by molar-refractivity contribution is -0.200. The molecule has 5 rings (SSSR count). The zero-order valence-corrected chi connectivity index (χ0v) is 17.2. The molecule has 0 aromatic carbocycles. The summed E-state index contributed by atoms with van der Waals surface area (Å²) in [5, 5.41) is 21.8. The van der Waals surface area contributed by atoms with E-state index in [1.54, 1.807) is 0 Å². The summed E-state index contributed by atoms with van der Waals surface area (Å²) in [7, 11) is 0. The molecule has 0 amide bonds. The number of carbonyl (C=O) groups excluding carboxylic acids is 2. The van der Waals surface area contributed by atoms with Crippen LogP contribution in [-0.2, 0) is 19.1 Å². The highest BCUT2D eigenvalue weighted by molar-refractivity contribution is 6.01. The van der Waals surface area contributed by atoms with Crippen molar-refractivity contribution in [2.75, 3.05) is 6.61 Å². The first kappa shape index (κ1) is 11.2. The van der Waals surface area contributed by atoms with Crippen LogP contribution in [0.5, 0.6) is 0 Å². The SMILES string of the molecule is [2H]C1=C([2H])[C@@]2(C)C(=C([2H])C1=O)C([2H])([2H])C[C@@H]1[C@@H]2[C@@H](O)C[C@@]2(C)[C@H]1C[C@H]1OC([2H])(C([2H])([2H])C([2H])([2H])C([2H])([2H])[2H])O[C@]12C(=O)CO. The van der Waals surface area contributed by atoms with Crippen LogP contribution in [0.3, 0.4) is 0 Å². The second kappa shape index (κ2) is 7.08. The molecule has 1 heterocycles. The highest BCUT2D eigenvalue weighted by Crippen LogP contribution is 2.69. The van der Waals surface area contributed by atoms with E-state index in [0.717, 1.165) is 0 Å². The van der Waals surface area contributed by atoms with Gasteiger partial charge in [0.15, 0.2) is 23.4 Å². The summed E-state index contributed by atoms with van der Waals surface area (Å²) in [6.07, 6.45) is -17.3. The first-order chi connectivity index (χ1) is 19.7. The van der Waals surface area contributed by atoms with Crippen molar-refractivity contribution in [3.8, 4) is 0 Å². The van der Waals surface area contributed by atoms with Crippen LogP contribution in [0.4, 0.5) is 0 Å². The van der Waals surface area contributed by atoms with E-state index in [1.165, 1.54) is 13.8 Å². The molecule has 0 spiro atoms. The summed E-state index contributed by atoms with van der Waals surface area (Å²) in [5.74, 6) is -4.96. The number of aliphatic hydroxyl groups is 2. The van der Waals surface area contributed by atoms with Crippen molar-refractivity contribution in [2.24, 2.45) is 28.6 Å². The number of carbonyl (C=O) groups is 2. The van der Waals surface area contributed by atoms with Gasteiger partial charge in [0.2, 0.25) is 0 Å². The predicted octanol–water partition coefficient (Wildman–Crippen LogP) is 2.72. The Balaban J connectivity index is 1.66. The summed E-state index contributed by atoms with van der Waals surface area (Å²) in [6.45, 7) is -1.92. The lowest BCUT2D eigenvalue weighted by Crippen LogP contribution is -2.63. The molecule has 4 fully saturated rings. The number of rotatable bonds is 4. The summed E-state index contributed by atoms with van der Waals surface area (Å²) in [6, 6.07) is -2.12. The third kappa shape index (κ3) is 2.65. The lowest BCUT2D eigenvalue weighted by atomic mass is 9.46. The maximum Gasteiger partial charge on any atom is 0.193 e. The van der Waals surface area contributed by atoms with Crippen LogP contribution in [-0.4, -0.2) is 52.5 Å². The molecule has 9 atom stereocenters. The Kier molecular flexibility index (Phi) is 2.55.